The third kappa shape index (κ3) is 7.38. The summed E-state index contributed by atoms with van der Waals surface area (Å²) in [5, 5.41) is 17.1. The maximum Gasteiger partial charge on any atom is 0.370 e. The molecule has 0 bridgehead atoms. The minimum atomic E-state index is -1.56. The molecule has 0 amide bonds. The van der Waals surface area contributed by atoms with E-state index in [-0.39, 0.29) is 5.56 Å². The van der Waals surface area contributed by atoms with E-state index in [9.17, 15) is 13.6 Å². The lowest BCUT2D eigenvalue weighted by molar-refractivity contribution is -0.135. The van der Waals surface area contributed by atoms with Gasteiger partial charge in [-0.05, 0) is 23.8 Å². The van der Waals surface area contributed by atoms with Crippen molar-refractivity contribution in [1.82, 2.24) is 0 Å². The number of aliphatic hydroxyl groups is 1. The smallest absolute Gasteiger partial charge is 0.370 e. The van der Waals surface area contributed by atoms with E-state index in [4.69, 9.17) is 10.2 Å². The fraction of sp³-hybridized carbons (Fsp3) is 0.308. The highest BCUT2D eigenvalue weighted by atomic mass is 19.1. The van der Waals surface area contributed by atoms with Crippen LogP contribution in [0.5, 0.6) is 0 Å². The standard InChI is InChI=1S/C9H6F2O3.2C2H6/c10-6-1-5(2-7(11)4-6)3-8(12)9(13)14;2*1-2/h1-4,12H,(H,13,14);2*1-2H3/b8-3-;;. The van der Waals surface area contributed by atoms with Crippen LogP contribution < -0.4 is 0 Å². The van der Waals surface area contributed by atoms with Gasteiger partial charge in [0.2, 0.25) is 5.76 Å². The molecule has 1 aromatic rings. The number of carboxylic acids is 1. The van der Waals surface area contributed by atoms with Crippen LogP contribution in [-0.2, 0) is 4.79 Å². The normalized spacial score (nSPS) is 9.56. The lowest BCUT2D eigenvalue weighted by Gasteiger charge is -1.96. The minimum Gasteiger partial charge on any atom is -0.502 e. The van der Waals surface area contributed by atoms with E-state index in [2.05, 4.69) is 0 Å². The van der Waals surface area contributed by atoms with Crippen molar-refractivity contribution in [2.24, 2.45) is 0 Å². The van der Waals surface area contributed by atoms with Gasteiger partial charge in [0.1, 0.15) is 11.6 Å². The third-order valence-electron chi connectivity index (χ3n) is 1.41. The average Bonchev–Trinajstić information content (AvgIpc) is 2.32. The number of halogens is 2. The van der Waals surface area contributed by atoms with Gasteiger partial charge in [0.05, 0.1) is 0 Å². The summed E-state index contributed by atoms with van der Waals surface area (Å²) >= 11 is 0. The molecule has 0 saturated heterocycles. The van der Waals surface area contributed by atoms with Gasteiger partial charge in [-0.25, -0.2) is 13.6 Å². The molecule has 0 aromatic heterocycles. The second-order valence-electron chi connectivity index (χ2n) is 2.54. The maximum atomic E-state index is 12.6. The molecule has 1 rings (SSSR count). The Morgan fingerprint density at radius 1 is 1.00 bits per heavy atom. The molecule has 0 fully saturated rings. The SMILES string of the molecule is CC.CC.O=C(O)/C(O)=C/c1cc(F)cc(F)c1. The highest BCUT2D eigenvalue weighted by molar-refractivity contribution is 5.89. The number of hydrogen-bond acceptors (Lipinski definition) is 2. The fourth-order valence-corrected chi connectivity index (χ4v) is 0.878. The molecule has 5 heteroatoms. The molecule has 0 atom stereocenters. The molecular formula is C13H18F2O3. The van der Waals surface area contributed by atoms with Crippen LogP contribution >= 0.6 is 0 Å². The van der Waals surface area contributed by atoms with Gasteiger partial charge in [-0.3, -0.25) is 0 Å². The van der Waals surface area contributed by atoms with E-state index in [0.29, 0.717) is 6.07 Å². The second kappa shape index (κ2) is 10.3. The van der Waals surface area contributed by atoms with Gasteiger partial charge in [0.25, 0.3) is 0 Å². The van der Waals surface area contributed by atoms with Crippen molar-refractivity contribution in [2.45, 2.75) is 27.7 Å². The Labute approximate surface area is 105 Å². The lowest BCUT2D eigenvalue weighted by atomic mass is 10.2. The number of aliphatic carboxylic acids is 1. The molecule has 0 aliphatic heterocycles. The Morgan fingerprint density at radius 3 is 1.72 bits per heavy atom. The summed E-state index contributed by atoms with van der Waals surface area (Å²) in [6, 6.07) is 2.46. The van der Waals surface area contributed by atoms with Crippen LogP contribution in [0, 0.1) is 11.6 Å². The number of benzene rings is 1. The molecule has 18 heavy (non-hydrogen) atoms. The molecule has 0 aliphatic carbocycles. The number of carboxylic acid groups (broad SMARTS) is 1. The summed E-state index contributed by atoms with van der Waals surface area (Å²) in [5.74, 6) is -4.21. The molecule has 3 nitrogen and oxygen atoms in total. The number of aliphatic hydroxyl groups excluding tert-OH is 1. The zero-order chi connectivity index (χ0) is 14.7. The highest BCUT2D eigenvalue weighted by Gasteiger charge is 2.05. The zero-order valence-electron chi connectivity index (χ0n) is 10.9. The average molecular weight is 260 g/mol. The van der Waals surface area contributed by atoms with Crippen molar-refractivity contribution in [3.8, 4) is 0 Å². The summed E-state index contributed by atoms with van der Waals surface area (Å²) in [5.41, 5.74) is -0.0533. The molecule has 0 aliphatic rings. The number of rotatable bonds is 2. The largest absolute Gasteiger partial charge is 0.502 e. The van der Waals surface area contributed by atoms with E-state index in [1.807, 2.05) is 27.7 Å². The van der Waals surface area contributed by atoms with Crippen LogP contribution in [0.2, 0.25) is 0 Å². The van der Waals surface area contributed by atoms with Crippen LogP contribution in [-0.4, -0.2) is 16.2 Å². The van der Waals surface area contributed by atoms with Gasteiger partial charge in [-0.15, -0.1) is 0 Å². The van der Waals surface area contributed by atoms with Crippen molar-refractivity contribution >= 4 is 12.0 Å². The number of carbonyl (C=O) groups is 1. The first-order valence-electron chi connectivity index (χ1n) is 5.59. The second-order valence-corrected chi connectivity index (χ2v) is 2.54. The molecule has 0 saturated carbocycles. The van der Waals surface area contributed by atoms with Crippen molar-refractivity contribution < 1.29 is 23.8 Å². The predicted molar refractivity (Wildman–Crippen MR) is 67.3 cm³/mol. The Kier molecular flexibility index (Phi) is 10.5. The molecule has 0 unspecified atom stereocenters. The summed E-state index contributed by atoms with van der Waals surface area (Å²) in [6.45, 7) is 8.00. The summed E-state index contributed by atoms with van der Waals surface area (Å²) in [4.78, 5) is 10.2. The Bertz CT molecular complexity index is 381. The monoisotopic (exact) mass is 260 g/mol. The molecule has 1 aromatic carbocycles. The van der Waals surface area contributed by atoms with Crippen LogP contribution in [0.15, 0.2) is 24.0 Å². The molecule has 102 valence electrons. The summed E-state index contributed by atoms with van der Waals surface area (Å²) in [6.07, 6.45) is 0.758. The van der Waals surface area contributed by atoms with Crippen LogP contribution in [0.1, 0.15) is 33.3 Å². The summed E-state index contributed by atoms with van der Waals surface area (Å²) < 4.78 is 25.2. The Hall–Kier alpha value is -1.91. The number of hydrogen-bond donors (Lipinski definition) is 2. The van der Waals surface area contributed by atoms with Crippen molar-refractivity contribution in [1.29, 1.82) is 0 Å². The first-order chi connectivity index (χ1) is 8.49. The first-order valence-corrected chi connectivity index (χ1v) is 5.59. The van der Waals surface area contributed by atoms with E-state index < -0.39 is 23.4 Å². The maximum absolute atomic E-state index is 12.6. The molecule has 0 radical (unpaired) electrons. The van der Waals surface area contributed by atoms with E-state index in [1.165, 1.54) is 0 Å². The van der Waals surface area contributed by atoms with E-state index >= 15 is 0 Å². The van der Waals surface area contributed by atoms with Crippen molar-refractivity contribution in [3.63, 3.8) is 0 Å². The van der Waals surface area contributed by atoms with Crippen molar-refractivity contribution in [2.75, 3.05) is 0 Å². The van der Waals surface area contributed by atoms with Crippen LogP contribution in [0.25, 0.3) is 6.08 Å². The van der Waals surface area contributed by atoms with Gasteiger partial charge in [0, 0.05) is 6.07 Å². The molecule has 0 heterocycles. The zero-order valence-corrected chi connectivity index (χ0v) is 10.9. The van der Waals surface area contributed by atoms with Gasteiger partial charge in [-0.2, -0.15) is 0 Å². The van der Waals surface area contributed by atoms with Gasteiger partial charge in [0.15, 0.2) is 0 Å². The fourth-order valence-electron chi connectivity index (χ4n) is 0.878. The molecule has 2 N–H and O–H groups in total. The summed E-state index contributed by atoms with van der Waals surface area (Å²) in [7, 11) is 0. The highest BCUT2D eigenvalue weighted by Crippen LogP contribution is 2.10. The van der Waals surface area contributed by atoms with Gasteiger partial charge in [-0.1, -0.05) is 27.7 Å². The lowest BCUT2D eigenvalue weighted by Crippen LogP contribution is -1.98. The van der Waals surface area contributed by atoms with Crippen molar-refractivity contribution in [3.05, 3.63) is 41.2 Å². The quantitative estimate of drug-likeness (QED) is 0.624. The minimum absolute atomic E-state index is 0.0533. The predicted octanol–water partition coefficient (Wildman–Crippen LogP) is 4.00. The first kappa shape index (κ1) is 18.5. The van der Waals surface area contributed by atoms with Gasteiger partial charge < -0.3 is 10.2 Å². The third-order valence-corrected chi connectivity index (χ3v) is 1.41. The van der Waals surface area contributed by atoms with Crippen LogP contribution in [0.4, 0.5) is 8.78 Å². The molecular weight excluding hydrogens is 242 g/mol. The van der Waals surface area contributed by atoms with E-state index in [0.717, 1.165) is 18.2 Å². The van der Waals surface area contributed by atoms with E-state index in [1.54, 1.807) is 0 Å². The van der Waals surface area contributed by atoms with Gasteiger partial charge >= 0.3 is 5.97 Å². The Morgan fingerprint density at radius 2 is 1.39 bits per heavy atom. The molecule has 0 spiro atoms. The van der Waals surface area contributed by atoms with Crippen LogP contribution in [0.3, 0.4) is 0 Å². The topological polar surface area (TPSA) is 57.5 Å². The Balaban J connectivity index is 0.